The average Bonchev–Trinajstić information content (AvgIpc) is 2.41. The number of hydrogen-bond acceptors (Lipinski definition) is 3. The van der Waals surface area contributed by atoms with Gasteiger partial charge in [0, 0.05) is 23.3 Å². The molecular formula is C14H14BrClN2O. The van der Waals surface area contributed by atoms with Crippen LogP contribution in [0.4, 0.5) is 0 Å². The highest BCUT2D eigenvalue weighted by molar-refractivity contribution is 9.10. The van der Waals surface area contributed by atoms with Gasteiger partial charge < -0.3 is 10.1 Å². The first-order chi connectivity index (χ1) is 9.19. The summed E-state index contributed by atoms with van der Waals surface area (Å²) in [6.07, 6.45) is 1.80. The monoisotopic (exact) mass is 340 g/mol. The van der Waals surface area contributed by atoms with E-state index in [2.05, 4.69) is 33.2 Å². The summed E-state index contributed by atoms with van der Waals surface area (Å²) >= 11 is 9.44. The van der Waals surface area contributed by atoms with Crippen LogP contribution in [0.5, 0.6) is 11.6 Å². The summed E-state index contributed by atoms with van der Waals surface area (Å²) in [4.78, 5) is 4.26. The van der Waals surface area contributed by atoms with E-state index in [4.69, 9.17) is 16.3 Å². The second-order valence-electron chi connectivity index (χ2n) is 3.96. The summed E-state index contributed by atoms with van der Waals surface area (Å²) in [5, 5.41) is 3.79. The minimum Gasteiger partial charge on any atom is -0.437 e. The van der Waals surface area contributed by atoms with Gasteiger partial charge in [0.05, 0.1) is 5.02 Å². The number of pyridine rings is 1. The van der Waals surface area contributed by atoms with Crippen molar-refractivity contribution in [3.63, 3.8) is 0 Å². The van der Waals surface area contributed by atoms with Crippen molar-refractivity contribution in [2.45, 2.75) is 13.5 Å². The van der Waals surface area contributed by atoms with Gasteiger partial charge in [-0.3, -0.25) is 0 Å². The minimum absolute atomic E-state index is 0.532. The maximum atomic E-state index is 6.09. The van der Waals surface area contributed by atoms with Gasteiger partial charge in [0.1, 0.15) is 5.75 Å². The van der Waals surface area contributed by atoms with Crippen LogP contribution in [0.3, 0.4) is 0 Å². The highest BCUT2D eigenvalue weighted by Crippen LogP contribution is 2.30. The van der Waals surface area contributed by atoms with Crippen LogP contribution >= 0.6 is 27.5 Å². The lowest BCUT2D eigenvalue weighted by molar-refractivity contribution is 0.462. The number of halogens is 2. The Morgan fingerprint density at radius 3 is 2.79 bits per heavy atom. The predicted molar refractivity (Wildman–Crippen MR) is 80.8 cm³/mol. The molecule has 3 nitrogen and oxygen atoms in total. The van der Waals surface area contributed by atoms with Crippen molar-refractivity contribution in [1.29, 1.82) is 0 Å². The van der Waals surface area contributed by atoms with E-state index >= 15 is 0 Å². The zero-order valence-corrected chi connectivity index (χ0v) is 12.8. The van der Waals surface area contributed by atoms with Crippen molar-refractivity contribution in [3.8, 4) is 11.6 Å². The van der Waals surface area contributed by atoms with Crippen LogP contribution in [-0.2, 0) is 6.54 Å². The maximum Gasteiger partial charge on any atom is 0.219 e. The Kier molecular flexibility index (Phi) is 5.19. The fourth-order valence-electron chi connectivity index (χ4n) is 1.52. The SMILES string of the molecule is CCNCc1ccc(Oc2ccc(Br)cc2Cl)nc1. The van der Waals surface area contributed by atoms with Crippen molar-refractivity contribution in [3.05, 3.63) is 51.6 Å². The lowest BCUT2D eigenvalue weighted by Crippen LogP contribution is -2.11. The van der Waals surface area contributed by atoms with E-state index in [9.17, 15) is 0 Å². The van der Waals surface area contributed by atoms with Crippen LogP contribution in [0.25, 0.3) is 0 Å². The van der Waals surface area contributed by atoms with Gasteiger partial charge in [-0.2, -0.15) is 0 Å². The molecule has 1 aromatic carbocycles. The predicted octanol–water partition coefficient (Wildman–Crippen LogP) is 4.40. The summed E-state index contributed by atoms with van der Waals surface area (Å²) in [7, 11) is 0. The minimum atomic E-state index is 0.532. The molecule has 0 atom stereocenters. The average molecular weight is 342 g/mol. The largest absolute Gasteiger partial charge is 0.437 e. The number of ether oxygens (including phenoxy) is 1. The topological polar surface area (TPSA) is 34.1 Å². The molecule has 0 aliphatic carbocycles. The summed E-state index contributed by atoms with van der Waals surface area (Å²) in [6.45, 7) is 3.82. The molecule has 0 unspecified atom stereocenters. The Bertz CT molecular complexity index is 546. The lowest BCUT2D eigenvalue weighted by atomic mass is 10.3. The molecule has 0 aliphatic rings. The van der Waals surface area contributed by atoms with Gasteiger partial charge in [0.15, 0.2) is 0 Å². The van der Waals surface area contributed by atoms with Crippen molar-refractivity contribution < 1.29 is 4.74 Å². The van der Waals surface area contributed by atoms with Gasteiger partial charge in [-0.15, -0.1) is 0 Å². The molecule has 2 rings (SSSR count). The molecule has 0 saturated heterocycles. The Labute approximate surface area is 126 Å². The molecule has 19 heavy (non-hydrogen) atoms. The molecule has 100 valence electrons. The van der Waals surface area contributed by atoms with Gasteiger partial charge in [0.2, 0.25) is 5.88 Å². The zero-order valence-electron chi connectivity index (χ0n) is 10.5. The molecule has 0 saturated carbocycles. The third-order valence-electron chi connectivity index (χ3n) is 2.49. The van der Waals surface area contributed by atoms with E-state index in [0.717, 1.165) is 23.1 Å². The molecule has 0 amide bonds. The fraction of sp³-hybridized carbons (Fsp3) is 0.214. The van der Waals surface area contributed by atoms with Gasteiger partial charge in [-0.05, 0) is 30.3 Å². The van der Waals surface area contributed by atoms with E-state index in [1.165, 1.54) is 0 Å². The zero-order chi connectivity index (χ0) is 13.7. The van der Waals surface area contributed by atoms with E-state index in [0.29, 0.717) is 16.7 Å². The molecule has 2 aromatic rings. The van der Waals surface area contributed by atoms with Crippen LogP contribution in [-0.4, -0.2) is 11.5 Å². The van der Waals surface area contributed by atoms with Crippen LogP contribution in [0, 0.1) is 0 Å². The highest BCUT2D eigenvalue weighted by atomic mass is 79.9. The van der Waals surface area contributed by atoms with Crippen molar-refractivity contribution >= 4 is 27.5 Å². The molecule has 0 radical (unpaired) electrons. The van der Waals surface area contributed by atoms with Crippen molar-refractivity contribution in [2.24, 2.45) is 0 Å². The smallest absolute Gasteiger partial charge is 0.219 e. The number of aromatic nitrogens is 1. The molecule has 1 aromatic heterocycles. The van der Waals surface area contributed by atoms with Gasteiger partial charge in [-0.1, -0.05) is 40.5 Å². The molecule has 1 heterocycles. The Balaban J connectivity index is 2.06. The van der Waals surface area contributed by atoms with Crippen LogP contribution in [0.15, 0.2) is 41.0 Å². The molecule has 0 aliphatic heterocycles. The Morgan fingerprint density at radius 2 is 2.16 bits per heavy atom. The summed E-state index contributed by atoms with van der Waals surface area (Å²) < 4.78 is 6.55. The standard InChI is InChI=1S/C14H14BrClN2O/c1-2-17-8-10-3-6-14(18-9-10)19-13-5-4-11(15)7-12(13)16/h3-7,9,17H,2,8H2,1H3. The first-order valence-electron chi connectivity index (χ1n) is 5.97. The Hall–Kier alpha value is -1.10. The number of hydrogen-bond donors (Lipinski definition) is 1. The third-order valence-corrected chi connectivity index (χ3v) is 3.27. The van der Waals surface area contributed by atoms with E-state index in [1.807, 2.05) is 18.2 Å². The Morgan fingerprint density at radius 1 is 1.32 bits per heavy atom. The third kappa shape index (κ3) is 4.20. The van der Waals surface area contributed by atoms with Gasteiger partial charge in [0.25, 0.3) is 0 Å². The van der Waals surface area contributed by atoms with Gasteiger partial charge in [-0.25, -0.2) is 4.98 Å². The molecule has 0 fully saturated rings. The summed E-state index contributed by atoms with van der Waals surface area (Å²) in [5.41, 5.74) is 1.12. The van der Waals surface area contributed by atoms with E-state index < -0.39 is 0 Å². The maximum absolute atomic E-state index is 6.09. The van der Waals surface area contributed by atoms with Crippen molar-refractivity contribution in [1.82, 2.24) is 10.3 Å². The highest BCUT2D eigenvalue weighted by Gasteiger charge is 2.04. The second kappa shape index (κ2) is 6.89. The first kappa shape index (κ1) is 14.3. The summed E-state index contributed by atoms with van der Waals surface area (Å²) in [6, 6.07) is 9.29. The van der Waals surface area contributed by atoms with Gasteiger partial charge >= 0.3 is 0 Å². The van der Waals surface area contributed by atoms with E-state index in [1.54, 1.807) is 18.3 Å². The van der Waals surface area contributed by atoms with E-state index in [-0.39, 0.29) is 0 Å². The molecular weight excluding hydrogens is 328 g/mol. The van der Waals surface area contributed by atoms with Crippen LogP contribution < -0.4 is 10.1 Å². The van der Waals surface area contributed by atoms with Crippen LogP contribution in [0.1, 0.15) is 12.5 Å². The lowest BCUT2D eigenvalue weighted by Gasteiger charge is -2.08. The first-order valence-corrected chi connectivity index (χ1v) is 7.14. The number of rotatable bonds is 5. The molecule has 0 bridgehead atoms. The normalized spacial score (nSPS) is 10.5. The molecule has 5 heteroatoms. The quantitative estimate of drug-likeness (QED) is 0.875. The number of benzene rings is 1. The molecule has 1 N–H and O–H groups in total. The van der Waals surface area contributed by atoms with Crippen molar-refractivity contribution in [2.75, 3.05) is 6.54 Å². The van der Waals surface area contributed by atoms with Crippen LogP contribution in [0.2, 0.25) is 5.02 Å². The molecule has 0 spiro atoms. The summed E-state index contributed by atoms with van der Waals surface area (Å²) in [5.74, 6) is 1.13. The number of nitrogens with one attached hydrogen (secondary N) is 1. The fourth-order valence-corrected chi connectivity index (χ4v) is 2.23. The number of nitrogens with zero attached hydrogens (tertiary/aromatic N) is 1. The second-order valence-corrected chi connectivity index (χ2v) is 5.28.